The maximum atomic E-state index is 12.2. The van der Waals surface area contributed by atoms with Crippen molar-refractivity contribution in [2.24, 2.45) is 11.7 Å². The van der Waals surface area contributed by atoms with Crippen LogP contribution in [0.1, 0.15) is 37.7 Å². The van der Waals surface area contributed by atoms with E-state index in [1.54, 1.807) is 0 Å². The summed E-state index contributed by atoms with van der Waals surface area (Å²) in [5.41, 5.74) is 6.40. The average Bonchev–Trinajstić information content (AvgIpc) is 2.47. The van der Waals surface area contributed by atoms with Gasteiger partial charge in [-0.3, -0.25) is 9.59 Å². The first-order chi connectivity index (χ1) is 10.1. The zero-order valence-electron chi connectivity index (χ0n) is 12.0. The van der Waals surface area contributed by atoms with Crippen molar-refractivity contribution >= 4 is 27.7 Å². The van der Waals surface area contributed by atoms with Crippen molar-refractivity contribution in [3.63, 3.8) is 0 Å². The summed E-state index contributed by atoms with van der Waals surface area (Å²) >= 11 is 3.40. The molecule has 1 aromatic rings. The lowest BCUT2D eigenvalue weighted by Gasteiger charge is -2.23. The first kappa shape index (κ1) is 16.0. The molecule has 2 rings (SSSR count). The summed E-state index contributed by atoms with van der Waals surface area (Å²) in [5.74, 6) is -0.490. The smallest absolute Gasteiger partial charge is 0.240 e. The molecule has 114 valence electrons. The molecule has 0 radical (unpaired) electrons. The van der Waals surface area contributed by atoms with E-state index in [0.29, 0.717) is 6.42 Å². The zero-order valence-corrected chi connectivity index (χ0v) is 13.6. The lowest BCUT2D eigenvalue weighted by atomic mass is 9.88. The molecule has 4 nitrogen and oxygen atoms in total. The zero-order chi connectivity index (χ0) is 15.2. The Morgan fingerprint density at radius 1 is 1.29 bits per heavy atom. The third-order valence-corrected chi connectivity index (χ3v) is 4.46. The fraction of sp³-hybridized carbons (Fsp3) is 0.500. The monoisotopic (exact) mass is 352 g/mol. The molecule has 1 aliphatic rings. The second-order valence-electron chi connectivity index (χ2n) is 5.63. The number of amides is 2. The molecule has 0 aromatic heterocycles. The van der Waals surface area contributed by atoms with Gasteiger partial charge in [0, 0.05) is 16.8 Å². The van der Waals surface area contributed by atoms with E-state index in [0.717, 1.165) is 35.7 Å². The molecule has 0 bridgehead atoms. The quantitative estimate of drug-likeness (QED) is 0.854. The normalized spacial score (nSPS) is 17.2. The number of hydrogen-bond acceptors (Lipinski definition) is 2. The number of primary amides is 1. The standard InChI is InChI=1S/C16H21BrN2O2/c17-13-8-4-5-11(9-13)10-14(15(18)20)19-16(21)12-6-2-1-3-7-12/h4-5,8-9,12,14H,1-3,6-7,10H2,(H2,18,20)(H,19,21)/t14-/m1/s1. The van der Waals surface area contributed by atoms with Crippen LogP contribution < -0.4 is 11.1 Å². The fourth-order valence-corrected chi connectivity index (χ4v) is 3.22. The van der Waals surface area contributed by atoms with Crippen LogP contribution >= 0.6 is 15.9 Å². The predicted molar refractivity (Wildman–Crippen MR) is 85.5 cm³/mol. The van der Waals surface area contributed by atoms with Gasteiger partial charge in [0.15, 0.2) is 0 Å². The van der Waals surface area contributed by atoms with Crippen molar-refractivity contribution in [1.82, 2.24) is 5.32 Å². The molecule has 0 aliphatic heterocycles. The van der Waals surface area contributed by atoms with Crippen molar-refractivity contribution in [3.8, 4) is 0 Å². The van der Waals surface area contributed by atoms with E-state index in [1.165, 1.54) is 6.42 Å². The topological polar surface area (TPSA) is 72.2 Å². The van der Waals surface area contributed by atoms with Gasteiger partial charge in [0.25, 0.3) is 0 Å². The number of carbonyl (C=O) groups is 2. The van der Waals surface area contributed by atoms with Gasteiger partial charge in [-0.15, -0.1) is 0 Å². The van der Waals surface area contributed by atoms with Crippen LogP contribution in [0.5, 0.6) is 0 Å². The molecular weight excluding hydrogens is 332 g/mol. The van der Waals surface area contributed by atoms with Crippen molar-refractivity contribution in [2.45, 2.75) is 44.6 Å². The first-order valence-corrected chi connectivity index (χ1v) is 8.19. The Kier molecular flexibility index (Phi) is 5.79. The van der Waals surface area contributed by atoms with Gasteiger partial charge >= 0.3 is 0 Å². The van der Waals surface area contributed by atoms with Gasteiger partial charge in [-0.05, 0) is 30.5 Å². The molecule has 3 N–H and O–H groups in total. The van der Waals surface area contributed by atoms with Gasteiger partial charge in [-0.25, -0.2) is 0 Å². The maximum absolute atomic E-state index is 12.2. The SMILES string of the molecule is NC(=O)[C@@H](Cc1cccc(Br)c1)NC(=O)C1CCCCC1. The van der Waals surface area contributed by atoms with Crippen LogP contribution in [0.3, 0.4) is 0 Å². The van der Waals surface area contributed by atoms with E-state index >= 15 is 0 Å². The van der Waals surface area contributed by atoms with Crippen molar-refractivity contribution in [3.05, 3.63) is 34.3 Å². The Balaban J connectivity index is 1.98. The molecule has 21 heavy (non-hydrogen) atoms. The summed E-state index contributed by atoms with van der Waals surface area (Å²) in [6.07, 6.45) is 5.62. The summed E-state index contributed by atoms with van der Waals surface area (Å²) in [6.45, 7) is 0. The van der Waals surface area contributed by atoms with Crippen LogP contribution in [0.15, 0.2) is 28.7 Å². The van der Waals surface area contributed by atoms with Gasteiger partial charge in [0.2, 0.25) is 11.8 Å². The Hall–Kier alpha value is -1.36. The number of halogens is 1. The highest BCUT2D eigenvalue weighted by atomic mass is 79.9. The molecule has 1 saturated carbocycles. The van der Waals surface area contributed by atoms with Gasteiger partial charge in [0.1, 0.15) is 6.04 Å². The van der Waals surface area contributed by atoms with Crippen LogP contribution in [-0.2, 0) is 16.0 Å². The highest BCUT2D eigenvalue weighted by molar-refractivity contribution is 9.10. The van der Waals surface area contributed by atoms with Gasteiger partial charge in [-0.2, -0.15) is 0 Å². The van der Waals surface area contributed by atoms with Crippen LogP contribution in [0.2, 0.25) is 0 Å². The van der Waals surface area contributed by atoms with Crippen LogP contribution in [-0.4, -0.2) is 17.9 Å². The minimum Gasteiger partial charge on any atom is -0.368 e. The Bertz CT molecular complexity index is 513. The lowest BCUT2D eigenvalue weighted by molar-refractivity contribution is -0.130. The minimum atomic E-state index is -0.645. The predicted octanol–water partition coefficient (Wildman–Crippen LogP) is 2.54. The second kappa shape index (κ2) is 7.59. The number of benzene rings is 1. The van der Waals surface area contributed by atoms with Crippen LogP contribution in [0, 0.1) is 5.92 Å². The summed E-state index contributed by atoms with van der Waals surface area (Å²) in [6, 6.07) is 7.04. The number of hydrogen-bond donors (Lipinski definition) is 2. The third kappa shape index (κ3) is 4.84. The Morgan fingerprint density at radius 3 is 2.62 bits per heavy atom. The first-order valence-electron chi connectivity index (χ1n) is 7.40. The number of carbonyl (C=O) groups excluding carboxylic acids is 2. The molecule has 0 spiro atoms. The van der Waals surface area contributed by atoms with Crippen molar-refractivity contribution in [2.75, 3.05) is 0 Å². The molecule has 1 aliphatic carbocycles. The molecule has 0 saturated heterocycles. The highest BCUT2D eigenvalue weighted by Crippen LogP contribution is 2.24. The summed E-state index contributed by atoms with van der Waals surface area (Å²) in [7, 11) is 0. The highest BCUT2D eigenvalue weighted by Gasteiger charge is 2.25. The van der Waals surface area contributed by atoms with Crippen LogP contribution in [0.25, 0.3) is 0 Å². The van der Waals surface area contributed by atoms with E-state index in [1.807, 2.05) is 24.3 Å². The van der Waals surface area contributed by atoms with E-state index in [2.05, 4.69) is 21.2 Å². The molecule has 1 fully saturated rings. The number of nitrogens with one attached hydrogen (secondary N) is 1. The number of rotatable bonds is 5. The largest absolute Gasteiger partial charge is 0.368 e. The summed E-state index contributed by atoms with van der Waals surface area (Å²) in [4.78, 5) is 23.8. The lowest BCUT2D eigenvalue weighted by Crippen LogP contribution is -2.48. The molecule has 0 unspecified atom stereocenters. The molecule has 0 heterocycles. The van der Waals surface area contributed by atoms with Crippen molar-refractivity contribution in [1.29, 1.82) is 0 Å². The second-order valence-corrected chi connectivity index (χ2v) is 6.55. The molecular formula is C16H21BrN2O2. The average molecular weight is 353 g/mol. The van der Waals surface area contributed by atoms with E-state index in [9.17, 15) is 9.59 Å². The van der Waals surface area contributed by atoms with E-state index in [4.69, 9.17) is 5.73 Å². The summed E-state index contributed by atoms with van der Waals surface area (Å²) in [5, 5.41) is 2.83. The van der Waals surface area contributed by atoms with E-state index in [-0.39, 0.29) is 11.8 Å². The molecule has 5 heteroatoms. The Labute approximate surface area is 133 Å². The van der Waals surface area contributed by atoms with Gasteiger partial charge in [0.05, 0.1) is 0 Å². The third-order valence-electron chi connectivity index (χ3n) is 3.96. The van der Waals surface area contributed by atoms with Crippen molar-refractivity contribution < 1.29 is 9.59 Å². The molecule has 2 amide bonds. The van der Waals surface area contributed by atoms with Gasteiger partial charge < -0.3 is 11.1 Å². The maximum Gasteiger partial charge on any atom is 0.240 e. The fourth-order valence-electron chi connectivity index (χ4n) is 2.78. The Morgan fingerprint density at radius 2 is 2.00 bits per heavy atom. The minimum absolute atomic E-state index is 0.0307. The van der Waals surface area contributed by atoms with Crippen LogP contribution in [0.4, 0.5) is 0 Å². The summed E-state index contributed by atoms with van der Waals surface area (Å²) < 4.78 is 0.946. The molecule has 1 atom stereocenters. The molecule has 1 aromatic carbocycles. The van der Waals surface area contributed by atoms with Gasteiger partial charge in [-0.1, -0.05) is 47.3 Å². The number of nitrogens with two attached hydrogens (primary N) is 1. The van der Waals surface area contributed by atoms with E-state index < -0.39 is 11.9 Å².